The molecule has 2 fully saturated rings. The van der Waals surface area contributed by atoms with E-state index in [1.54, 1.807) is 25.5 Å². The summed E-state index contributed by atoms with van der Waals surface area (Å²) in [7, 11) is 0. The largest absolute Gasteiger partial charge is 0.465 e. The minimum Gasteiger partial charge on any atom is -0.465 e. The van der Waals surface area contributed by atoms with Crippen LogP contribution in [0, 0.1) is 12.8 Å². The first-order valence-electron chi connectivity index (χ1n) is 13.5. The van der Waals surface area contributed by atoms with E-state index in [1.807, 2.05) is 17.9 Å². The average molecular weight is 551 g/mol. The van der Waals surface area contributed by atoms with Gasteiger partial charge < -0.3 is 15.4 Å². The topological polar surface area (TPSA) is 135 Å². The highest BCUT2D eigenvalue weighted by Gasteiger charge is 2.34. The lowest BCUT2D eigenvalue weighted by atomic mass is 9.96. The van der Waals surface area contributed by atoms with Crippen LogP contribution in [0.25, 0.3) is 10.6 Å². The number of aryl methyl sites for hydroxylation is 1. The summed E-state index contributed by atoms with van der Waals surface area (Å²) in [5.74, 6) is 0.00951. The monoisotopic (exact) mass is 550 g/mol. The summed E-state index contributed by atoms with van der Waals surface area (Å²) in [6, 6.07) is 2.41. The summed E-state index contributed by atoms with van der Waals surface area (Å²) in [4.78, 5) is 50.1. The highest BCUT2D eigenvalue weighted by atomic mass is 32.1. The molecule has 0 bridgehead atoms. The van der Waals surface area contributed by atoms with Crippen LogP contribution in [0.5, 0.6) is 0 Å². The lowest BCUT2D eigenvalue weighted by molar-refractivity contribution is -0.154. The van der Waals surface area contributed by atoms with Gasteiger partial charge in [0.15, 0.2) is 10.9 Å². The number of piperidine rings is 1. The van der Waals surface area contributed by atoms with E-state index in [9.17, 15) is 9.59 Å². The first kappa shape index (κ1) is 27.1. The van der Waals surface area contributed by atoms with Crippen molar-refractivity contribution < 1.29 is 14.3 Å². The van der Waals surface area contributed by atoms with Crippen LogP contribution in [0.2, 0.25) is 0 Å². The van der Waals surface area contributed by atoms with Gasteiger partial charge in [-0.05, 0) is 32.8 Å². The number of aromatic nitrogens is 5. The highest BCUT2D eigenvalue weighted by Crippen LogP contribution is 2.30. The van der Waals surface area contributed by atoms with Crippen molar-refractivity contribution in [3.63, 3.8) is 0 Å². The van der Waals surface area contributed by atoms with E-state index < -0.39 is 11.9 Å². The van der Waals surface area contributed by atoms with Crippen molar-refractivity contribution in [1.29, 1.82) is 0 Å². The number of hydrogen-bond acceptors (Lipinski definition) is 12. The van der Waals surface area contributed by atoms with Crippen molar-refractivity contribution in [3.05, 3.63) is 36.0 Å². The highest BCUT2D eigenvalue weighted by molar-refractivity contribution is 7.18. The van der Waals surface area contributed by atoms with E-state index in [1.165, 1.54) is 30.6 Å². The molecule has 2 aliphatic rings. The molecule has 4 heterocycles. The molecular formula is C27H34N8O3S. The number of carbonyl (C=O) groups excluding carboxylic acids is 2. The van der Waals surface area contributed by atoms with Gasteiger partial charge in [0.25, 0.3) is 0 Å². The number of likely N-dealkylation sites (tertiary alicyclic amines) is 1. The van der Waals surface area contributed by atoms with E-state index in [-0.39, 0.29) is 12.4 Å². The van der Waals surface area contributed by atoms with Crippen molar-refractivity contribution in [2.75, 3.05) is 30.3 Å². The van der Waals surface area contributed by atoms with Gasteiger partial charge >= 0.3 is 5.97 Å². The summed E-state index contributed by atoms with van der Waals surface area (Å²) in [6.45, 7) is 5.40. The zero-order chi connectivity index (χ0) is 27.2. The Balaban J connectivity index is 1.19. The van der Waals surface area contributed by atoms with E-state index >= 15 is 0 Å². The molecule has 1 saturated carbocycles. The molecule has 1 aliphatic heterocycles. The summed E-state index contributed by atoms with van der Waals surface area (Å²) < 4.78 is 5.06. The third-order valence-electron chi connectivity index (χ3n) is 6.95. The van der Waals surface area contributed by atoms with Crippen LogP contribution in [0.15, 0.2) is 24.7 Å². The van der Waals surface area contributed by atoms with Crippen LogP contribution in [0.4, 0.5) is 16.9 Å². The standard InChI is InChI=1S/C27H34N8O3S/c1-3-38-25(37)20-16-35(10-9-22(20)36)15-19-12-29-24(14-28-19)34-27-30-13-23(39-27)21-11-17(2)31-26(33-21)32-18-7-5-4-6-8-18/h11-14,18,20H,3-10,15-16H2,1-2H3,(H,29,30,34)(H,31,32,33). The van der Waals surface area contributed by atoms with Crippen molar-refractivity contribution in [3.8, 4) is 10.6 Å². The molecule has 1 saturated heterocycles. The van der Waals surface area contributed by atoms with E-state index in [2.05, 4.69) is 30.6 Å². The number of hydrogen-bond donors (Lipinski definition) is 2. The van der Waals surface area contributed by atoms with Crippen LogP contribution in [-0.2, 0) is 20.9 Å². The molecule has 3 aromatic rings. The zero-order valence-electron chi connectivity index (χ0n) is 22.4. The van der Waals surface area contributed by atoms with Gasteiger partial charge in [0.1, 0.15) is 11.7 Å². The van der Waals surface area contributed by atoms with Crippen molar-refractivity contribution in [2.45, 2.75) is 65.0 Å². The molecular weight excluding hydrogens is 516 g/mol. The zero-order valence-corrected chi connectivity index (χ0v) is 23.2. The number of ketones is 1. The molecule has 5 rings (SSSR count). The second kappa shape index (κ2) is 12.6. The predicted octanol–water partition coefficient (Wildman–Crippen LogP) is 4.14. The Bertz CT molecular complexity index is 1290. The fraction of sp³-hybridized carbons (Fsp3) is 0.519. The van der Waals surface area contributed by atoms with Gasteiger partial charge in [-0.25, -0.2) is 19.9 Å². The van der Waals surface area contributed by atoms with Gasteiger partial charge in [-0.2, -0.15) is 0 Å². The summed E-state index contributed by atoms with van der Waals surface area (Å²) in [6.07, 6.45) is 11.6. The Morgan fingerprint density at radius 2 is 1.97 bits per heavy atom. The van der Waals surface area contributed by atoms with E-state index in [0.717, 1.165) is 34.8 Å². The first-order chi connectivity index (χ1) is 19.0. The Morgan fingerprint density at radius 1 is 1.13 bits per heavy atom. The van der Waals surface area contributed by atoms with Gasteiger partial charge in [-0.3, -0.25) is 19.5 Å². The Kier molecular flexibility index (Phi) is 8.72. The fourth-order valence-corrected chi connectivity index (χ4v) is 5.75. The maximum atomic E-state index is 12.2. The van der Waals surface area contributed by atoms with Crippen LogP contribution >= 0.6 is 11.3 Å². The van der Waals surface area contributed by atoms with Gasteiger partial charge in [-0.1, -0.05) is 30.6 Å². The SMILES string of the molecule is CCOC(=O)C1CN(Cc2cnc(Nc3ncc(-c4cc(C)nc(NC5CCCCC5)n4)s3)cn2)CCC1=O. The van der Waals surface area contributed by atoms with Crippen LogP contribution < -0.4 is 10.6 Å². The Morgan fingerprint density at radius 3 is 2.74 bits per heavy atom. The molecule has 12 heteroatoms. The molecule has 0 spiro atoms. The molecule has 1 unspecified atom stereocenters. The quantitative estimate of drug-likeness (QED) is 0.294. The van der Waals surface area contributed by atoms with Crippen LogP contribution in [0.1, 0.15) is 56.8 Å². The summed E-state index contributed by atoms with van der Waals surface area (Å²) in [5.41, 5.74) is 2.51. The summed E-state index contributed by atoms with van der Waals surface area (Å²) >= 11 is 1.49. The summed E-state index contributed by atoms with van der Waals surface area (Å²) in [5, 5.41) is 7.42. The molecule has 206 valence electrons. The van der Waals surface area contributed by atoms with E-state index in [4.69, 9.17) is 9.72 Å². The van der Waals surface area contributed by atoms with Crippen molar-refractivity contribution >= 4 is 40.0 Å². The molecule has 3 aromatic heterocycles. The number of nitrogens with zero attached hydrogens (tertiary/aromatic N) is 6. The number of esters is 1. The van der Waals surface area contributed by atoms with Gasteiger partial charge in [0.2, 0.25) is 5.95 Å². The minimum atomic E-state index is -0.732. The smallest absolute Gasteiger partial charge is 0.317 e. The molecule has 0 aromatic carbocycles. The lowest BCUT2D eigenvalue weighted by Crippen LogP contribution is -2.44. The number of rotatable bonds is 9. The molecule has 39 heavy (non-hydrogen) atoms. The number of Topliss-reactive ketones (excluding diaryl/α,β-unsaturated/α-hetero) is 1. The minimum absolute atomic E-state index is 0.0630. The second-order valence-electron chi connectivity index (χ2n) is 10.0. The number of thiazole rings is 1. The normalized spacial score (nSPS) is 18.6. The maximum absolute atomic E-state index is 12.2. The van der Waals surface area contributed by atoms with E-state index in [0.29, 0.717) is 49.0 Å². The molecule has 2 N–H and O–H groups in total. The number of anilines is 3. The molecule has 0 radical (unpaired) electrons. The van der Waals surface area contributed by atoms with Crippen LogP contribution in [-0.4, -0.2) is 67.3 Å². The fourth-order valence-electron chi connectivity index (χ4n) is 4.97. The molecule has 11 nitrogen and oxygen atoms in total. The van der Waals surface area contributed by atoms with Gasteiger partial charge in [0, 0.05) is 44.0 Å². The molecule has 1 aliphatic carbocycles. The maximum Gasteiger partial charge on any atom is 0.317 e. The average Bonchev–Trinajstić information content (AvgIpc) is 3.40. The number of ether oxygens (including phenoxy) is 1. The lowest BCUT2D eigenvalue weighted by Gasteiger charge is -2.30. The van der Waals surface area contributed by atoms with Gasteiger partial charge in [0.05, 0.1) is 35.3 Å². The van der Waals surface area contributed by atoms with Crippen LogP contribution in [0.3, 0.4) is 0 Å². The van der Waals surface area contributed by atoms with Gasteiger partial charge in [-0.15, -0.1) is 0 Å². The Hall–Kier alpha value is -3.51. The van der Waals surface area contributed by atoms with Crippen molar-refractivity contribution in [2.24, 2.45) is 5.92 Å². The van der Waals surface area contributed by atoms with Crippen molar-refractivity contribution in [1.82, 2.24) is 29.8 Å². The molecule has 1 atom stereocenters. The molecule has 0 amide bonds. The predicted molar refractivity (Wildman–Crippen MR) is 149 cm³/mol. The third-order valence-corrected chi connectivity index (χ3v) is 7.89. The first-order valence-corrected chi connectivity index (χ1v) is 14.4. The third kappa shape index (κ3) is 7.12. The number of carbonyl (C=O) groups is 2. The number of nitrogens with one attached hydrogen (secondary N) is 2. The Labute approximate surface area is 231 Å². The second-order valence-corrected chi connectivity index (χ2v) is 11.0.